The number of rotatable bonds is 8. The highest BCUT2D eigenvalue weighted by molar-refractivity contribution is 14.0. The molecule has 1 unspecified atom stereocenters. The van der Waals surface area contributed by atoms with Crippen molar-refractivity contribution in [1.29, 1.82) is 0 Å². The number of nitrogens with two attached hydrogens (primary N) is 1. The van der Waals surface area contributed by atoms with Gasteiger partial charge >= 0.3 is 0 Å². The summed E-state index contributed by atoms with van der Waals surface area (Å²) in [6, 6.07) is 8.25. The van der Waals surface area contributed by atoms with Gasteiger partial charge in [0.2, 0.25) is 0 Å². The Balaban J connectivity index is 0.00000441. The number of nitrogens with zero attached hydrogens (tertiary/aromatic N) is 1. The summed E-state index contributed by atoms with van der Waals surface area (Å²) in [5, 5.41) is 3.12. The summed E-state index contributed by atoms with van der Waals surface area (Å²) in [7, 11) is 0. The van der Waals surface area contributed by atoms with Crippen LogP contribution in [-0.2, 0) is 11.2 Å². The average molecular weight is 419 g/mol. The molecule has 0 aromatic heterocycles. The topological polar surface area (TPSA) is 59.6 Å². The molecular formula is C17H30IN3O. The van der Waals surface area contributed by atoms with E-state index in [0.29, 0.717) is 18.4 Å². The lowest BCUT2D eigenvalue weighted by molar-refractivity contribution is 0.0266. The van der Waals surface area contributed by atoms with E-state index in [2.05, 4.69) is 43.2 Å². The van der Waals surface area contributed by atoms with Gasteiger partial charge in [-0.3, -0.25) is 4.99 Å². The van der Waals surface area contributed by atoms with Crippen molar-refractivity contribution in [3.63, 3.8) is 0 Å². The van der Waals surface area contributed by atoms with E-state index < -0.39 is 0 Å². The predicted octanol–water partition coefficient (Wildman–Crippen LogP) is 4.04. The van der Waals surface area contributed by atoms with Crippen LogP contribution in [0.3, 0.4) is 0 Å². The maximum absolute atomic E-state index is 5.91. The van der Waals surface area contributed by atoms with Crippen LogP contribution in [0.4, 0.5) is 5.69 Å². The van der Waals surface area contributed by atoms with E-state index in [4.69, 9.17) is 10.5 Å². The molecule has 22 heavy (non-hydrogen) atoms. The lowest BCUT2D eigenvalue weighted by Crippen LogP contribution is -2.25. The number of halogens is 1. The Morgan fingerprint density at radius 1 is 1.23 bits per heavy atom. The molecule has 0 aliphatic rings. The van der Waals surface area contributed by atoms with Crippen molar-refractivity contribution in [1.82, 2.24) is 0 Å². The van der Waals surface area contributed by atoms with Gasteiger partial charge in [0.15, 0.2) is 5.96 Å². The molecule has 126 valence electrons. The standard InChI is InChI=1S/C17H29N3O.HI/c1-5-14-7-9-15(10-8-14)20-17(18)19-12-11-16(13(3)4)21-6-2;/h7-10,13,16H,5-6,11-12H2,1-4H3,(H3,18,19,20);1H. The molecule has 0 heterocycles. The predicted molar refractivity (Wildman–Crippen MR) is 106 cm³/mol. The van der Waals surface area contributed by atoms with Crippen LogP contribution in [-0.4, -0.2) is 25.2 Å². The Labute approximate surface area is 151 Å². The van der Waals surface area contributed by atoms with Crippen LogP contribution in [0.1, 0.15) is 39.7 Å². The first-order valence-corrected chi connectivity index (χ1v) is 7.84. The van der Waals surface area contributed by atoms with Crippen LogP contribution in [0.2, 0.25) is 0 Å². The fourth-order valence-electron chi connectivity index (χ4n) is 2.15. The van der Waals surface area contributed by atoms with Crippen LogP contribution in [0, 0.1) is 5.92 Å². The maximum atomic E-state index is 5.91. The van der Waals surface area contributed by atoms with E-state index in [1.807, 2.05) is 19.1 Å². The van der Waals surface area contributed by atoms with Crippen molar-refractivity contribution < 1.29 is 4.74 Å². The number of ether oxygens (including phenoxy) is 1. The monoisotopic (exact) mass is 419 g/mol. The normalized spacial score (nSPS) is 12.9. The highest BCUT2D eigenvalue weighted by Crippen LogP contribution is 2.11. The number of aryl methyl sites for hydroxylation is 1. The Kier molecular flexibility index (Phi) is 11.3. The molecule has 0 fully saturated rings. The lowest BCUT2D eigenvalue weighted by atomic mass is 10.0. The van der Waals surface area contributed by atoms with Crippen molar-refractivity contribution in [2.45, 2.75) is 46.6 Å². The number of hydrogen-bond donors (Lipinski definition) is 2. The number of guanidine groups is 1. The molecule has 4 nitrogen and oxygen atoms in total. The van der Waals surface area contributed by atoms with Gasteiger partial charge in [-0.05, 0) is 43.4 Å². The Morgan fingerprint density at radius 3 is 2.36 bits per heavy atom. The molecule has 0 amide bonds. The zero-order valence-corrected chi connectivity index (χ0v) is 16.5. The summed E-state index contributed by atoms with van der Waals surface area (Å²) in [5.41, 5.74) is 8.19. The quantitative estimate of drug-likeness (QED) is 0.380. The van der Waals surface area contributed by atoms with Gasteiger partial charge in [-0.15, -0.1) is 24.0 Å². The molecule has 0 radical (unpaired) electrons. The smallest absolute Gasteiger partial charge is 0.193 e. The summed E-state index contributed by atoms with van der Waals surface area (Å²) in [6.07, 6.45) is 2.18. The fraction of sp³-hybridized carbons (Fsp3) is 0.588. The second kappa shape index (κ2) is 11.7. The molecule has 0 saturated heterocycles. The average Bonchev–Trinajstić information content (AvgIpc) is 2.47. The summed E-state index contributed by atoms with van der Waals surface area (Å²) in [5.74, 6) is 0.953. The Morgan fingerprint density at radius 2 is 1.86 bits per heavy atom. The Hall–Kier alpha value is -0.820. The summed E-state index contributed by atoms with van der Waals surface area (Å²) >= 11 is 0. The molecule has 0 spiro atoms. The summed E-state index contributed by atoms with van der Waals surface area (Å²) < 4.78 is 5.70. The molecule has 1 aromatic carbocycles. The van der Waals surface area contributed by atoms with E-state index in [9.17, 15) is 0 Å². The largest absolute Gasteiger partial charge is 0.378 e. The SMILES string of the molecule is CCOC(CCN=C(N)Nc1ccc(CC)cc1)C(C)C.I. The molecule has 0 aliphatic heterocycles. The van der Waals surface area contributed by atoms with Crippen molar-refractivity contribution in [2.24, 2.45) is 16.6 Å². The van der Waals surface area contributed by atoms with E-state index in [0.717, 1.165) is 25.1 Å². The minimum absolute atomic E-state index is 0. The molecule has 1 aromatic rings. The van der Waals surface area contributed by atoms with Gasteiger partial charge in [0, 0.05) is 18.8 Å². The van der Waals surface area contributed by atoms with E-state index in [1.165, 1.54) is 5.56 Å². The summed E-state index contributed by atoms with van der Waals surface area (Å²) in [4.78, 5) is 4.37. The van der Waals surface area contributed by atoms with Gasteiger partial charge in [-0.25, -0.2) is 0 Å². The fourth-order valence-corrected chi connectivity index (χ4v) is 2.15. The van der Waals surface area contributed by atoms with Crippen LogP contribution >= 0.6 is 24.0 Å². The van der Waals surface area contributed by atoms with Crippen LogP contribution in [0.5, 0.6) is 0 Å². The number of benzene rings is 1. The molecule has 0 aliphatic carbocycles. The van der Waals surface area contributed by atoms with Gasteiger partial charge in [0.05, 0.1) is 6.10 Å². The van der Waals surface area contributed by atoms with Gasteiger partial charge in [0.25, 0.3) is 0 Å². The third-order valence-electron chi connectivity index (χ3n) is 3.45. The van der Waals surface area contributed by atoms with Crippen LogP contribution in [0.15, 0.2) is 29.3 Å². The minimum Gasteiger partial charge on any atom is -0.378 e. The van der Waals surface area contributed by atoms with Crippen molar-refractivity contribution in [3.05, 3.63) is 29.8 Å². The minimum atomic E-state index is 0. The number of nitrogens with one attached hydrogen (secondary N) is 1. The van der Waals surface area contributed by atoms with Crippen LogP contribution < -0.4 is 11.1 Å². The number of hydrogen-bond acceptors (Lipinski definition) is 2. The van der Waals surface area contributed by atoms with Gasteiger partial charge in [-0.1, -0.05) is 32.9 Å². The van der Waals surface area contributed by atoms with Crippen molar-refractivity contribution >= 4 is 35.6 Å². The van der Waals surface area contributed by atoms with Crippen molar-refractivity contribution in [2.75, 3.05) is 18.5 Å². The zero-order chi connectivity index (χ0) is 15.7. The number of aliphatic imine (C=N–C) groups is 1. The zero-order valence-electron chi connectivity index (χ0n) is 14.1. The van der Waals surface area contributed by atoms with Gasteiger partial charge in [-0.2, -0.15) is 0 Å². The molecule has 0 saturated carbocycles. The van der Waals surface area contributed by atoms with E-state index in [-0.39, 0.29) is 30.1 Å². The van der Waals surface area contributed by atoms with Gasteiger partial charge in [0.1, 0.15) is 0 Å². The first-order chi connectivity index (χ1) is 10.1. The van der Waals surface area contributed by atoms with E-state index >= 15 is 0 Å². The molecule has 0 bridgehead atoms. The number of anilines is 1. The first kappa shape index (κ1) is 21.2. The molecule has 1 rings (SSSR count). The highest BCUT2D eigenvalue weighted by Gasteiger charge is 2.12. The molecule has 1 atom stereocenters. The Bertz CT molecular complexity index is 432. The maximum Gasteiger partial charge on any atom is 0.193 e. The lowest BCUT2D eigenvalue weighted by Gasteiger charge is -2.19. The molecule has 5 heteroatoms. The second-order valence-corrected chi connectivity index (χ2v) is 5.47. The second-order valence-electron chi connectivity index (χ2n) is 5.47. The first-order valence-electron chi connectivity index (χ1n) is 7.84. The highest BCUT2D eigenvalue weighted by atomic mass is 127. The molecule has 3 N–H and O–H groups in total. The third-order valence-corrected chi connectivity index (χ3v) is 3.45. The van der Waals surface area contributed by atoms with Crippen molar-refractivity contribution in [3.8, 4) is 0 Å². The molecular weight excluding hydrogens is 389 g/mol. The van der Waals surface area contributed by atoms with Gasteiger partial charge < -0.3 is 15.8 Å². The van der Waals surface area contributed by atoms with Crippen LogP contribution in [0.25, 0.3) is 0 Å². The summed E-state index contributed by atoms with van der Waals surface area (Å²) in [6.45, 7) is 9.91. The third kappa shape index (κ3) is 7.98. The van der Waals surface area contributed by atoms with E-state index in [1.54, 1.807) is 0 Å².